The van der Waals surface area contributed by atoms with Crippen LogP contribution in [-0.4, -0.2) is 22.4 Å². The zero-order chi connectivity index (χ0) is 20.0. The average molecular weight is 384 g/mol. The van der Waals surface area contributed by atoms with Crippen LogP contribution in [0.1, 0.15) is 64.7 Å². The molecular formula is C23H33N3O2. The van der Waals surface area contributed by atoms with Gasteiger partial charge in [0.05, 0.1) is 12.3 Å². The van der Waals surface area contributed by atoms with E-state index in [0.29, 0.717) is 18.5 Å². The van der Waals surface area contributed by atoms with Crippen LogP contribution in [0.25, 0.3) is 11.3 Å². The molecule has 0 saturated carbocycles. The van der Waals surface area contributed by atoms with Crippen LogP contribution in [-0.2, 0) is 16.1 Å². The molecule has 0 amide bonds. The number of aryl methyl sites for hydroxylation is 1. The smallest absolute Gasteiger partial charge is 0.305 e. The van der Waals surface area contributed by atoms with Crippen LogP contribution in [0.3, 0.4) is 0 Å². The van der Waals surface area contributed by atoms with Crippen molar-refractivity contribution in [1.29, 1.82) is 5.41 Å². The molecule has 0 atom stereocenters. The van der Waals surface area contributed by atoms with Gasteiger partial charge in [-0.05, 0) is 31.9 Å². The van der Waals surface area contributed by atoms with E-state index in [0.717, 1.165) is 43.5 Å². The molecule has 1 heterocycles. The molecule has 0 aliphatic carbocycles. The van der Waals surface area contributed by atoms with Gasteiger partial charge in [0, 0.05) is 18.5 Å². The molecule has 0 radical (unpaired) electrons. The molecule has 0 aliphatic rings. The number of hydrogen-bond donors (Lipinski definition) is 1. The van der Waals surface area contributed by atoms with Crippen LogP contribution in [0.2, 0.25) is 0 Å². The van der Waals surface area contributed by atoms with Crippen molar-refractivity contribution in [2.45, 2.75) is 71.3 Å². The highest BCUT2D eigenvalue weighted by atomic mass is 16.5. The number of benzene rings is 1. The first-order chi connectivity index (χ1) is 13.7. The van der Waals surface area contributed by atoms with Crippen molar-refractivity contribution in [3.63, 3.8) is 0 Å². The zero-order valence-corrected chi connectivity index (χ0v) is 17.0. The summed E-state index contributed by atoms with van der Waals surface area (Å²) in [6.45, 7) is 3.11. The minimum atomic E-state index is -0.0706. The van der Waals surface area contributed by atoms with Gasteiger partial charge >= 0.3 is 5.97 Å². The van der Waals surface area contributed by atoms with E-state index < -0.39 is 0 Å². The van der Waals surface area contributed by atoms with Crippen molar-refractivity contribution in [2.24, 2.45) is 0 Å². The number of hydrogen-bond acceptors (Lipinski definition) is 4. The molecule has 5 nitrogen and oxygen atoms in total. The van der Waals surface area contributed by atoms with Crippen LogP contribution in [0, 0.1) is 5.41 Å². The van der Waals surface area contributed by atoms with Gasteiger partial charge in [0.25, 0.3) is 0 Å². The molecule has 0 unspecified atom stereocenters. The minimum Gasteiger partial charge on any atom is -0.466 e. The topological polar surface area (TPSA) is 68.0 Å². The summed E-state index contributed by atoms with van der Waals surface area (Å²) >= 11 is 0. The molecule has 1 N–H and O–H groups in total. The Hall–Kier alpha value is -2.43. The second-order valence-electron chi connectivity index (χ2n) is 7.08. The van der Waals surface area contributed by atoms with E-state index in [1.165, 1.54) is 25.7 Å². The highest BCUT2D eigenvalue weighted by Gasteiger charge is 2.02. The summed E-state index contributed by atoms with van der Waals surface area (Å²) in [6.07, 6.45) is 9.65. The summed E-state index contributed by atoms with van der Waals surface area (Å²) < 4.78 is 6.74. The van der Waals surface area contributed by atoms with Gasteiger partial charge in [-0.15, -0.1) is 0 Å². The van der Waals surface area contributed by atoms with Gasteiger partial charge in [-0.2, -0.15) is 5.10 Å². The van der Waals surface area contributed by atoms with E-state index in [-0.39, 0.29) is 5.97 Å². The number of aromatic nitrogens is 2. The third-order valence-corrected chi connectivity index (χ3v) is 4.78. The molecule has 0 saturated heterocycles. The Morgan fingerprint density at radius 1 is 0.929 bits per heavy atom. The molecule has 0 bridgehead atoms. The predicted octanol–water partition coefficient (Wildman–Crippen LogP) is 5.10. The molecule has 0 aliphatic heterocycles. The molecule has 2 aromatic rings. The summed E-state index contributed by atoms with van der Waals surface area (Å²) in [7, 11) is 0. The third kappa shape index (κ3) is 8.07. The Morgan fingerprint density at radius 2 is 1.57 bits per heavy atom. The van der Waals surface area contributed by atoms with E-state index in [9.17, 15) is 4.79 Å². The lowest BCUT2D eigenvalue weighted by Crippen LogP contribution is -2.22. The SMILES string of the molecule is CCOC(=O)CCCCCCCCCCn1nc(-c2ccccc2)ccc1=N. The first-order valence-corrected chi connectivity index (χ1v) is 10.5. The van der Waals surface area contributed by atoms with Crippen LogP contribution in [0.4, 0.5) is 0 Å². The number of rotatable bonds is 13. The minimum absolute atomic E-state index is 0.0706. The Balaban J connectivity index is 1.59. The second-order valence-corrected chi connectivity index (χ2v) is 7.08. The number of nitrogens with zero attached hydrogens (tertiary/aromatic N) is 2. The van der Waals surface area contributed by atoms with Gasteiger partial charge in [0.2, 0.25) is 0 Å². The van der Waals surface area contributed by atoms with Crippen molar-refractivity contribution in [2.75, 3.05) is 6.61 Å². The van der Waals surface area contributed by atoms with Gasteiger partial charge in [-0.1, -0.05) is 68.9 Å². The lowest BCUT2D eigenvalue weighted by molar-refractivity contribution is -0.143. The fourth-order valence-electron chi connectivity index (χ4n) is 3.22. The van der Waals surface area contributed by atoms with Crippen LogP contribution >= 0.6 is 0 Å². The molecule has 152 valence electrons. The summed E-state index contributed by atoms with van der Waals surface area (Å²) in [4.78, 5) is 11.3. The number of unbranched alkanes of at least 4 members (excludes halogenated alkanes) is 7. The second kappa shape index (κ2) is 12.9. The van der Waals surface area contributed by atoms with Gasteiger partial charge in [-0.25, -0.2) is 4.68 Å². The largest absolute Gasteiger partial charge is 0.466 e. The van der Waals surface area contributed by atoms with Gasteiger partial charge in [0.1, 0.15) is 5.49 Å². The molecule has 2 rings (SSSR count). The summed E-state index contributed by atoms with van der Waals surface area (Å²) in [5.74, 6) is -0.0706. The lowest BCUT2D eigenvalue weighted by atomic mass is 10.1. The maximum atomic E-state index is 11.3. The van der Waals surface area contributed by atoms with Gasteiger partial charge in [0.15, 0.2) is 0 Å². The lowest BCUT2D eigenvalue weighted by Gasteiger charge is -2.08. The standard InChI is InChI=1S/C23H33N3O2/c1-2-28-23(27)16-12-7-5-3-4-6-8-13-19-26-22(24)18-17-21(25-26)20-14-10-9-11-15-20/h9-11,14-15,17-18,24H,2-8,12-13,16,19H2,1H3. The van der Waals surface area contributed by atoms with Crippen molar-refractivity contribution in [3.05, 3.63) is 48.0 Å². The van der Waals surface area contributed by atoms with Crippen LogP contribution in [0.5, 0.6) is 0 Å². The highest BCUT2D eigenvalue weighted by molar-refractivity contribution is 5.69. The van der Waals surface area contributed by atoms with Gasteiger partial charge in [-0.3, -0.25) is 10.2 Å². The Kier molecular flexibility index (Phi) is 10.0. The molecule has 1 aromatic carbocycles. The first-order valence-electron chi connectivity index (χ1n) is 10.5. The fraction of sp³-hybridized carbons (Fsp3) is 0.522. The van der Waals surface area contributed by atoms with Crippen molar-refractivity contribution in [1.82, 2.24) is 9.78 Å². The molecule has 0 spiro atoms. The van der Waals surface area contributed by atoms with Crippen molar-refractivity contribution < 1.29 is 9.53 Å². The molecule has 28 heavy (non-hydrogen) atoms. The van der Waals surface area contributed by atoms with Crippen LogP contribution in [0.15, 0.2) is 42.5 Å². The number of esters is 1. The maximum absolute atomic E-state index is 11.3. The van der Waals surface area contributed by atoms with Gasteiger partial charge < -0.3 is 4.74 Å². The molecule has 5 heteroatoms. The molecule has 1 aromatic heterocycles. The normalized spacial score (nSPS) is 10.8. The Labute approximate surface area is 168 Å². The van der Waals surface area contributed by atoms with Crippen molar-refractivity contribution in [3.8, 4) is 11.3 Å². The monoisotopic (exact) mass is 383 g/mol. The number of carbonyl (C=O) groups is 1. The number of carbonyl (C=O) groups excluding carboxylic acids is 1. The quantitative estimate of drug-likeness (QED) is 0.386. The molecular weight excluding hydrogens is 350 g/mol. The van der Waals surface area contributed by atoms with E-state index >= 15 is 0 Å². The zero-order valence-electron chi connectivity index (χ0n) is 17.0. The first kappa shape index (κ1) is 21.9. The van der Waals surface area contributed by atoms with E-state index in [1.54, 1.807) is 4.68 Å². The highest BCUT2D eigenvalue weighted by Crippen LogP contribution is 2.14. The van der Waals surface area contributed by atoms with E-state index in [1.807, 2.05) is 49.4 Å². The number of nitrogens with one attached hydrogen (secondary N) is 1. The summed E-state index contributed by atoms with van der Waals surface area (Å²) in [5.41, 5.74) is 2.46. The Morgan fingerprint density at radius 3 is 2.25 bits per heavy atom. The van der Waals surface area contributed by atoms with Crippen molar-refractivity contribution >= 4 is 5.97 Å². The Bertz CT molecular complexity index is 756. The van der Waals surface area contributed by atoms with Crippen LogP contribution < -0.4 is 5.49 Å². The fourth-order valence-corrected chi connectivity index (χ4v) is 3.22. The maximum Gasteiger partial charge on any atom is 0.305 e. The summed E-state index contributed by atoms with van der Waals surface area (Å²) in [5, 5.41) is 12.7. The average Bonchev–Trinajstić information content (AvgIpc) is 2.71. The third-order valence-electron chi connectivity index (χ3n) is 4.78. The predicted molar refractivity (Wildman–Crippen MR) is 112 cm³/mol. The van der Waals surface area contributed by atoms with E-state index in [2.05, 4.69) is 5.10 Å². The van der Waals surface area contributed by atoms with E-state index in [4.69, 9.17) is 10.1 Å². The summed E-state index contributed by atoms with van der Waals surface area (Å²) in [6, 6.07) is 13.8. The molecule has 0 fully saturated rings. The number of ether oxygens (including phenoxy) is 1.